The van der Waals surface area contributed by atoms with Gasteiger partial charge in [-0.2, -0.15) is 0 Å². The van der Waals surface area contributed by atoms with Crippen LogP contribution in [0.25, 0.3) is 0 Å². The molecule has 0 bridgehead atoms. The monoisotopic (exact) mass is 358 g/mol. The molecule has 5 heteroatoms. The molecule has 2 aromatic rings. The molecule has 132 valence electrons. The highest BCUT2D eigenvalue weighted by Gasteiger charge is 2.14. The summed E-state index contributed by atoms with van der Waals surface area (Å²) in [6, 6.07) is 13.5. The van der Waals surface area contributed by atoms with Crippen LogP contribution in [0, 0.1) is 13.8 Å². The number of benzene rings is 2. The Morgan fingerprint density at radius 2 is 1.76 bits per heavy atom. The number of hydrogen-bond donors (Lipinski definition) is 1. The maximum atomic E-state index is 12.1. The van der Waals surface area contributed by atoms with E-state index in [1.807, 2.05) is 50.2 Å². The zero-order valence-corrected chi connectivity index (χ0v) is 15.6. The lowest BCUT2D eigenvalue weighted by Gasteiger charge is -2.21. The van der Waals surface area contributed by atoms with Crippen molar-refractivity contribution in [2.24, 2.45) is 0 Å². The van der Waals surface area contributed by atoms with E-state index in [1.54, 1.807) is 11.0 Å². The number of aryl methyl sites for hydroxylation is 2. The highest BCUT2D eigenvalue weighted by molar-refractivity contribution is 6.31. The third kappa shape index (κ3) is 5.61. The Bertz CT molecular complexity index is 757. The second-order valence-electron chi connectivity index (χ2n) is 6.12. The summed E-state index contributed by atoms with van der Waals surface area (Å²) in [5.74, 6) is -0.212. The number of hydrogen-bond acceptors (Lipinski definition) is 2. The van der Waals surface area contributed by atoms with Crippen molar-refractivity contribution in [2.45, 2.75) is 33.7 Å². The van der Waals surface area contributed by atoms with Gasteiger partial charge in [0.15, 0.2) is 0 Å². The van der Waals surface area contributed by atoms with Gasteiger partial charge < -0.3 is 10.2 Å². The molecule has 0 unspecified atom stereocenters. The van der Waals surface area contributed by atoms with Crippen LogP contribution >= 0.6 is 11.6 Å². The van der Waals surface area contributed by atoms with Gasteiger partial charge in [0.05, 0.1) is 0 Å². The van der Waals surface area contributed by atoms with Crippen LogP contribution in [0.3, 0.4) is 0 Å². The van der Waals surface area contributed by atoms with Gasteiger partial charge in [-0.15, -0.1) is 0 Å². The second kappa shape index (κ2) is 8.67. The van der Waals surface area contributed by atoms with Crippen LogP contribution in [-0.2, 0) is 16.1 Å². The number of carbonyl (C=O) groups excluding carboxylic acids is 2. The van der Waals surface area contributed by atoms with Crippen LogP contribution in [0.5, 0.6) is 0 Å². The van der Waals surface area contributed by atoms with E-state index in [0.29, 0.717) is 23.8 Å². The maximum absolute atomic E-state index is 12.1. The normalized spacial score (nSPS) is 10.4. The first-order chi connectivity index (χ1) is 11.9. The summed E-state index contributed by atoms with van der Waals surface area (Å²) >= 11 is 6.14. The smallest absolute Gasteiger partial charge is 0.223 e. The van der Waals surface area contributed by atoms with Crippen LogP contribution < -0.4 is 10.2 Å². The highest BCUT2D eigenvalue weighted by atomic mass is 35.5. The van der Waals surface area contributed by atoms with Gasteiger partial charge >= 0.3 is 0 Å². The average Bonchev–Trinajstić information content (AvgIpc) is 2.57. The molecular formula is C20H23ClN2O2. The van der Waals surface area contributed by atoms with Crippen molar-refractivity contribution in [3.8, 4) is 0 Å². The van der Waals surface area contributed by atoms with E-state index in [9.17, 15) is 9.59 Å². The summed E-state index contributed by atoms with van der Waals surface area (Å²) in [7, 11) is 0. The van der Waals surface area contributed by atoms with Gasteiger partial charge in [-0.25, -0.2) is 0 Å². The molecular weight excluding hydrogens is 336 g/mol. The van der Waals surface area contributed by atoms with E-state index in [1.165, 1.54) is 12.5 Å². The van der Waals surface area contributed by atoms with Gasteiger partial charge in [0.2, 0.25) is 11.8 Å². The summed E-state index contributed by atoms with van der Waals surface area (Å²) in [4.78, 5) is 25.6. The number of amides is 2. The molecule has 0 heterocycles. The minimum atomic E-state index is -0.119. The Balaban J connectivity index is 1.91. The first kappa shape index (κ1) is 19.0. The Hall–Kier alpha value is -2.33. The molecule has 1 N–H and O–H groups in total. The summed E-state index contributed by atoms with van der Waals surface area (Å²) in [5.41, 5.74) is 3.89. The maximum Gasteiger partial charge on any atom is 0.223 e. The molecule has 0 atom stereocenters. The molecule has 2 amide bonds. The topological polar surface area (TPSA) is 49.4 Å². The van der Waals surface area contributed by atoms with Crippen molar-refractivity contribution >= 4 is 29.1 Å². The first-order valence-electron chi connectivity index (χ1n) is 8.23. The molecule has 2 aromatic carbocycles. The van der Waals surface area contributed by atoms with Crippen molar-refractivity contribution in [2.75, 3.05) is 11.4 Å². The minimum Gasteiger partial charge on any atom is -0.352 e. The molecule has 0 radical (unpaired) electrons. The SMILES string of the molecule is CC(=O)N(CCC(=O)NCc1ccc(C)cc1)c1ccc(C)c(Cl)c1. The van der Waals surface area contributed by atoms with E-state index < -0.39 is 0 Å². The Morgan fingerprint density at radius 1 is 1.08 bits per heavy atom. The summed E-state index contributed by atoms with van der Waals surface area (Å²) < 4.78 is 0. The van der Waals surface area contributed by atoms with E-state index in [2.05, 4.69) is 5.32 Å². The van der Waals surface area contributed by atoms with Gasteiger partial charge in [-0.05, 0) is 37.1 Å². The molecule has 0 saturated heterocycles. The molecule has 0 spiro atoms. The lowest BCUT2D eigenvalue weighted by molar-refractivity contribution is -0.121. The van der Waals surface area contributed by atoms with Gasteiger partial charge in [0.1, 0.15) is 0 Å². The van der Waals surface area contributed by atoms with E-state index in [4.69, 9.17) is 11.6 Å². The standard InChI is InChI=1S/C20H23ClN2O2/c1-14-4-7-17(8-5-14)13-22-20(25)10-11-23(16(3)24)18-9-6-15(2)19(21)12-18/h4-9,12H,10-11,13H2,1-3H3,(H,22,25). The van der Waals surface area contributed by atoms with Gasteiger partial charge in [-0.1, -0.05) is 47.5 Å². The van der Waals surface area contributed by atoms with Gasteiger partial charge in [-0.3, -0.25) is 9.59 Å². The highest BCUT2D eigenvalue weighted by Crippen LogP contribution is 2.23. The van der Waals surface area contributed by atoms with Gasteiger partial charge in [0.25, 0.3) is 0 Å². The van der Waals surface area contributed by atoms with Crippen LogP contribution in [0.2, 0.25) is 5.02 Å². The molecule has 0 saturated carbocycles. The molecule has 25 heavy (non-hydrogen) atoms. The van der Waals surface area contributed by atoms with Crippen molar-refractivity contribution in [1.29, 1.82) is 0 Å². The number of nitrogens with one attached hydrogen (secondary N) is 1. The predicted octanol–water partition coefficient (Wildman–Crippen LogP) is 4.02. The quantitative estimate of drug-likeness (QED) is 0.848. The van der Waals surface area contributed by atoms with E-state index in [0.717, 1.165) is 11.1 Å². The Labute approximate surface area is 153 Å². The van der Waals surface area contributed by atoms with Crippen molar-refractivity contribution < 1.29 is 9.59 Å². The van der Waals surface area contributed by atoms with Crippen LogP contribution in [0.1, 0.15) is 30.0 Å². The lowest BCUT2D eigenvalue weighted by atomic mass is 10.1. The Kier molecular flexibility index (Phi) is 6.59. The molecule has 0 aliphatic carbocycles. The summed E-state index contributed by atoms with van der Waals surface area (Å²) in [6.07, 6.45) is 0.233. The molecule has 2 rings (SSSR count). The number of halogens is 1. The minimum absolute atomic E-state index is 0.0926. The molecule has 4 nitrogen and oxygen atoms in total. The van der Waals surface area contributed by atoms with E-state index in [-0.39, 0.29) is 18.2 Å². The average molecular weight is 359 g/mol. The van der Waals surface area contributed by atoms with Gasteiger partial charge in [0, 0.05) is 37.1 Å². The molecule has 0 aliphatic rings. The first-order valence-corrected chi connectivity index (χ1v) is 8.61. The lowest BCUT2D eigenvalue weighted by Crippen LogP contribution is -2.33. The summed E-state index contributed by atoms with van der Waals surface area (Å²) in [5, 5.41) is 3.49. The Morgan fingerprint density at radius 3 is 2.36 bits per heavy atom. The fraction of sp³-hybridized carbons (Fsp3) is 0.300. The second-order valence-corrected chi connectivity index (χ2v) is 6.52. The predicted molar refractivity (Wildman–Crippen MR) is 102 cm³/mol. The van der Waals surface area contributed by atoms with Crippen LogP contribution in [-0.4, -0.2) is 18.4 Å². The number of nitrogens with zero attached hydrogens (tertiary/aromatic N) is 1. The summed E-state index contributed by atoms with van der Waals surface area (Å²) in [6.45, 7) is 6.21. The fourth-order valence-corrected chi connectivity index (χ4v) is 2.60. The zero-order chi connectivity index (χ0) is 18.4. The fourth-order valence-electron chi connectivity index (χ4n) is 2.43. The van der Waals surface area contributed by atoms with Crippen molar-refractivity contribution in [1.82, 2.24) is 5.32 Å². The van der Waals surface area contributed by atoms with Crippen molar-refractivity contribution in [3.63, 3.8) is 0 Å². The third-order valence-corrected chi connectivity index (χ3v) is 4.43. The number of carbonyl (C=O) groups is 2. The molecule has 0 aromatic heterocycles. The molecule has 0 fully saturated rings. The van der Waals surface area contributed by atoms with E-state index >= 15 is 0 Å². The van der Waals surface area contributed by atoms with Crippen molar-refractivity contribution in [3.05, 3.63) is 64.2 Å². The number of rotatable bonds is 6. The van der Waals surface area contributed by atoms with Crippen LogP contribution in [0.15, 0.2) is 42.5 Å². The molecule has 0 aliphatic heterocycles. The number of anilines is 1. The third-order valence-electron chi connectivity index (χ3n) is 4.02. The van der Waals surface area contributed by atoms with Crippen LogP contribution in [0.4, 0.5) is 5.69 Å². The largest absolute Gasteiger partial charge is 0.352 e. The zero-order valence-electron chi connectivity index (χ0n) is 14.8.